The van der Waals surface area contributed by atoms with Crippen LogP contribution in [0.15, 0.2) is 65.6 Å². The van der Waals surface area contributed by atoms with Gasteiger partial charge in [-0.15, -0.1) is 5.10 Å². The summed E-state index contributed by atoms with van der Waals surface area (Å²) in [7, 11) is 0. The molecule has 4 aromatic rings. The van der Waals surface area contributed by atoms with E-state index in [1.54, 1.807) is 24.3 Å². The van der Waals surface area contributed by atoms with E-state index in [-0.39, 0.29) is 28.8 Å². The van der Waals surface area contributed by atoms with Gasteiger partial charge >= 0.3 is 5.69 Å². The molecule has 0 saturated heterocycles. The first-order chi connectivity index (χ1) is 15.9. The minimum atomic E-state index is -0.852. The van der Waals surface area contributed by atoms with Crippen LogP contribution in [-0.4, -0.2) is 26.2 Å². The van der Waals surface area contributed by atoms with Crippen LogP contribution in [0.25, 0.3) is 11.3 Å². The Hall–Kier alpha value is -4.01. The van der Waals surface area contributed by atoms with E-state index in [0.717, 1.165) is 17.2 Å². The molecule has 0 aliphatic carbocycles. The third-order valence-corrected chi connectivity index (χ3v) is 5.10. The van der Waals surface area contributed by atoms with Crippen molar-refractivity contribution in [3.05, 3.63) is 88.5 Å². The average Bonchev–Trinajstić information content (AvgIpc) is 3.13. The average molecular weight is 452 g/mol. The van der Waals surface area contributed by atoms with Crippen LogP contribution in [-0.2, 0) is 0 Å². The molecule has 4 rings (SSSR count). The summed E-state index contributed by atoms with van der Waals surface area (Å²) in [5.74, 6) is -2.16. The van der Waals surface area contributed by atoms with Crippen molar-refractivity contribution in [2.24, 2.45) is 0 Å². The summed E-state index contributed by atoms with van der Waals surface area (Å²) in [5.41, 5.74) is -0.564. The first kappa shape index (κ1) is 22.2. The zero-order chi connectivity index (χ0) is 23.5. The molecule has 0 fully saturated rings. The molecular formula is C24H22F2N4O3. The quantitative estimate of drug-likeness (QED) is 0.445. The van der Waals surface area contributed by atoms with Gasteiger partial charge in [-0.2, -0.15) is 4.68 Å². The first-order valence-corrected chi connectivity index (χ1v) is 10.5. The van der Waals surface area contributed by atoms with Gasteiger partial charge in [-0.25, -0.2) is 18.0 Å². The summed E-state index contributed by atoms with van der Waals surface area (Å²) in [5, 5.41) is 6.62. The number of nitrogens with one attached hydrogen (secondary N) is 1. The van der Waals surface area contributed by atoms with Gasteiger partial charge in [0.1, 0.15) is 23.1 Å². The maximum absolute atomic E-state index is 15.2. The van der Waals surface area contributed by atoms with Crippen LogP contribution in [0, 0.1) is 11.6 Å². The third-order valence-electron chi connectivity index (χ3n) is 5.10. The number of halogens is 2. The number of amides is 1. The van der Waals surface area contributed by atoms with Gasteiger partial charge in [0.2, 0.25) is 0 Å². The lowest BCUT2D eigenvalue weighted by molar-refractivity contribution is 0.101. The van der Waals surface area contributed by atoms with E-state index in [9.17, 15) is 14.0 Å². The number of hydrogen-bond acceptors (Lipinski definition) is 4. The fourth-order valence-corrected chi connectivity index (χ4v) is 3.50. The molecule has 2 aromatic heterocycles. The number of anilines is 1. The number of rotatable bonds is 7. The number of carbonyl (C=O) groups is 1. The van der Waals surface area contributed by atoms with Crippen molar-refractivity contribution in [2.75, 3.05) is 5.32 Å². The number of carbonyl (C=O) groups excluding carboxylic acids is 1. The topological polar surface area (TPSA) is 77.6 Å². The maximum Gasteiger partial charge on any atom is 0.355 e. The molecule has 2 heterocycles. The van der Waals surface area contributed by atoms with Crippen molar-refractivity contribution in [1.29, 1.82) is 0 Å². The van der Waals surface area contributed by atoms with E-state index >= 15 is 4.39 Å². The van der Waals surface area contributed by atoms with E-state index in [1.807, 2.05) is 13.8 Å². The van der Waals surface area contributed by atoms with Crippen molar-refractivity contribution in [3.8, 4) is 11.4 Å². The Labute approximate surface area is 188 Å². The monoisotopic (exact) mass is 452 g/mol. The van der Waals surface area contributed by atoms with E-state index in [4.69, 9.17) is 4.74 Å². The number of para-hydroxylation sites is 1. The Balaban J connectivity index is 1.80. The highest BCUT2D eigenvalue weighted by Crippen LogP contribution is 2.28. The number of benzene rings is 2. The van der Waals surface area contributed by atoms with Gasteiger partial charge in [-0.1, -0.05) is 31.5 Å². The Bertz CT molecular complexity index is 1380. The number of pyridine rings is 1. The molecule has 170 valence electrons. The minimum absolute atomic E-state index is 0.0453. The summed E-state index contributed by atoms with van der Waals surface area (Å²) in [4.78, 5) is 25.7. The molecule has 7 nitrogen and oxygen atoms in total. The number of fused-ring (bicyclic) bond motifs is 1. The van der Waals surface area contributed by atoms with Crippen LogP contribution < -0.4 is 15.7 Å². The van der Waals surface area contributed by atoms with E-state index in [1.165, 1.54) is 34.9 Å². The lowest BCUT2D eigenvalue weighted by Gasteiger charge is -2.18. The molecule has 0 bridgehead atoms. The molecule has 1 amide bonds. The lowest BCUT2D eigenvalue weighted by Crippen LogP contribution is -2.22. The van der Waals surface area contributed by atoms with Crippen LogP contribution in [0.4, 0.5) is 14.5 Å². The summed E-state index contributed by atoms with van der Waals surface area (Å²) < 4.78 is 37.3. The number of ether oxygens (including phenoxy) is 1. The molecule has 2 aromatic carbocycles. The van der Waals surface area contributed by atoms with Crippen molar-refractivity contribution >= 4 is 17.2 Å². The summed E-state index contributed by atoms with van der Waals surface area (Å²) in [6, 6.07) is 12.9. The standard InChI is InChI=1S/C24H22F2N4O3/c1-3-8-15(2)33-21-14-20(30-24(32)29-12-7-6-11-22(29)28-30)18(26)13-16(21)23(31)27-19-10-5-4-9-17(19)25/h4-7,9-15H,3,8H2,1-2H3,(H,27,31)/t15-/m0/s1. The van der Waals surface area contributed by atoms with Gasteiger partial charge < -0.3 is 10.1 Å². The fraction of sp³-hybridized carbons (Fsp3) is 0.208. The molecule has 0 unspecified atom stereocenters. The molecule has 1 N–H and O–H groups in total. The third kappa shape index (κ3) is 4.48. The second-order valence-corrected chi connectivity index (χ2v) is 7.57. The molecule has 0 aliphatic rings. The van der Waals surface area contributed by atoms with Crippen LogP contribution in [0.2, 0.25) is 0 Å². The van der Waals surface area contributed by atoms with Gasteiger partial charge in [-0.05, 0) is 43.7 Å². The van der Waals surface area contributed by atoms with Gasteiger partial charge in [0, 0.05) is 12.3 Å². The van der Waals surface area contributed by atoms with Gasteiger partial charge in [-0.3, -0.25) is 4.79 Å². The Kier molecular flexibility index (Phi) is 6.21. The van der Waals surface area contributed by atoms with Crippen LogP contribution >= 0.6 is 0 Å². The van der Waals surface area contributed by atoms with Crippen molar-refractivity contribution in [3.63, 3.8) is 0 Å². The highest BCUT2D eigenvalue weighted by molar-refractivity contribution is 6.06. The molecule has 0 radical (unpaired) electrons. The zero-order valence-corrected chi connectivity index (χ0v) is 18.1. The van der Waals surface area contributed by atoms with Crippen molar-refractivity contribution < 1.29 is 18.3 Å². The molecule has 9 heteroatoms. The van der Waals surface area contributed by atoms with Gasteiger partial charge in [0.15, 0.2) is 5.65 Å². The Morgan fingerprint density at radius 1 is 1.12 bits per heavy atom. The van der Waals surface area contributed by atoms with Crippen LogP contribution in [0.1, 0.15) is 37.0 Å². The fourth-order valence-electron chi connectivity index (χ4n) is 3.50. The molecule has 33 heavy (non-hydrogen) atoms. The molecule has 0 aliphatic heterocycles. The predicted molar refractivity (Wildman–Crippen MR) is 120 cm³/mol. The van der Waals surface area contributed by atoms with Gasteiger partial charge in [0.25, 0.3) is 5.91 Å². The second kappa shape index (κ2) is 9.23. The maximum atomic E-state index is 15.2. The van der Waals surface area contributed by atoms with Crippen LogP contribution in [0.5, 0.6) is 5.75 Å². The second-order valence-electron chi connectivity index (χ2n) is 7.57. The summed E-state index contributed by atoms with van der Waals surface area (Å²) >= 11 is 0. The number of nitrogens with zero attached hydrogens (tertiary/aromatic N) is 3. The summed E-state index contributed by atoms with van der Waals surface area (Å²) in [6.07, 6.45) is 2.76. The largest absolute Gasteiger partial charge is 0.490 e. The minimum Gasteiger partial charge on any atom is -0.490 e. The van der Waals surface area contributed by atoms with E-state index in [0.29, 0.717) is 12.1 Å². The Morgan fingerprint density at radius 2 is 1.88 bits per heavy atom. The van der Waals surface area contributed by atoms with E-state index in [2.05, 4.69) is 10.4 Å². The summed E-state index contributed by atoms with van der Waals surface area (Å²) in [6.45, 7) is 3.81. The molecule has 0 saturated carbocycles. The Morgan fingerprint density at radius 3 is 2.61 bits per heavy atom. The number of hydrogen-bond donors (Lipinski definition) is 1. The number of aromatic nitrogens is 3. The van der Waals surface area contributed by atoms with Gasteiger partial charge in [0.05, 0.1) is 17.4 Å². The molecule has 0 spiro atoms. The highest BCUT2D eigenvalue weighted by Gasteiger charge is 2.22. The normalized spacial score (nSPS) is 12.0. The molecular weight excluding hydrogens is 430 g/mol. The zero-order valence-electron chi connectivity index (χ0n) is 18.1. The highest BCUT2D eigenvalue weighted by atomic mass is 19.1. The SMILES string of the molecule is CCC[C@H](C)Oc1cc(-n2nc3ccccn3c2=O)c(F)cc1C(=O)Nc1ccccc1F. The first-order valence-electron chi connectivity index (χ1n) is 10.5. The van der Waals surface area contributed by atoms with Crippen molar-refractivity contribution in [1.82, 2.24) is 14.2 Å². The van der Waals surface area contributed by atoms with Crippen molar-refractivity contribution in [2.45, 2.75) is 32.8 Å². The van der Waals surface area contributed by atoms with Crippen LogP contribution in [0.3, 0.4) is 0 Å². The predicted octanol–water partition coefficient (Wildman–Crippen LogP) is 4.58. The lowest BCUT2D eigenvalue weighted by atomic mass is 10.1. The van der Waals surface area contributed by atoms with E-state index < -0.39 is 23.2 Å². The molecule has 1 atom stereocenters. The smallest absolute Gasteiger partial charge is 0.355 e.